The highest BCUT2D eigenvalue weighted by Gasteiger charge is 2.37. The number of carbonyl (C=O) groups is 1. The highest BCUT2D eigenvalue weighted by atomic mass is 32.2. The second-order valence-electron chi connectivity index (χ2n) is 5.81. The average molecular weight is 290 g/mol. The molecule has 3 nitrogen and oxygen atoms in total. The van der Waals surface area contributed by atoms with E-state index in [4.69, 9.17) is 0 Å². The number of rotatable bonds is 4. The van der Waals surface area contributed by atoms with E-state index in [1.54, 1.807) is 0 Å². The Hall–Kier alpha value is -1.16. The summed E-state index contributed by atoms with van der Waals surface area (Å²) in [4.78, 5) is 12.5. The zero-order valence-corrected chi connectivity index (χ0v) is 12.8. The van der Waals surface area contributed by atoms with Crippen LogP contribution in [0, 0.1) is 0 Å². The molecule has 1 unspecified atom stereocenters. The largest absolute Gasteiger partial charge is 0.385 e. The van der Waals surface area contributed by atoms with Crippen molar-refractivity contribution in [2.75, 3.05) is 24.7 Å². The fraction of sp³-hybridized carbons (Fsp3) is 0.562. The fourth-order valence-corrected chi connectivity index (χ4v) is 4.05. The van der Waals surface area contributed by atoms with Gasteiger partial charge in [-0.3, -0.25) is 4.79 Å². The molecule has 0 radical (unpaired) electrons. The molecule has 2 aliphatic rings. The Morgan fingerprint density at radius 2 is 2.25 bits per heavy atom. The summed E-state index contributed by atoms with van der Waals surface area (Å²) in [7, 11) is 0. The van der Waals surface area contributed by atoms with Crippen LogP contribution >= 0.6 is 11.8 Å². The summed E-state index contributed by atoms with van der Waals surface area (Å²) >= 11 is 1.91. The van der Waals surface area contributed by atoms with Crippen molar-refractivity contribution in [3.8, 4) is 0 Å². The molecule has 108 valence electrons. The maximum atomic E-state index is 12.5. The molecule has 1 saturated carbocycles. The van der Waals surface area contributed by atoms with Crippen molar-refractivity contribution < 1.29 is 4.79 Å². The third-order valence-electron chi connectivity index (χ3n) is 4.68. The molecular weight excluding hydrogens is 268 g/mol. The second kappa shape index (κ2) is 5.68. The molecule has 4 heteroatoms. The Labute approximate surface area is 124 Å². The van der Waals surface area contributed by atoms with Crippen LogP contribution in [0.5, 0.6) is 0 Å². The lowest BCUT2D eigenvalue weighted by atomic mass is 9.83. The predicted molar refractivity (Wildman–Crippen MR) is 85.4 cm³/mol. The van der Waals surface area contributed by atoms with E-state index >= 15 is 0 Å². The molecular formula is C16H22N2OS. The Bertz CT molecular complexity index is 493. The summed E-state index contributed by atoms with van der Waals surface area (Å²) < 4.78 is 0.308. The van der Waals surface area contributed by atoms with Gasteiger partial charge in [-0.2, -0.15) is 11.8 Å². The molecule has 1 aliphatic carbocycles. The van der Waals surface area contributed by atoms with Gasteiger partial charge in [-0.05, 0) is 37.1 Å². The van der Waals surface area contributed by atoms with Gasteiger partial charge < -0.3 is 10.6 Å². The molecule has 1 aliphatic heterocycles. The molecule has 20 heavy (non-hydrogen) atoms. The van der Waals surface area contributed by atoms with E-state index in [0.717, 1.165) is 30.8 Å². The second-order valence-corrected chi connectivity index (χ2v) is 7.09. The van der Waals surface area contributed by atoms with E-state index in [1.807, 2.05) is 23.9 Å². The van der Waals surface area contributed by atoms with Crippen molar-refractivity contribution in [2.45, 2.75) is 36.3 Å². The van der Waals surface area contributed by atoms with E-state index in [0.29, 0.717) is 4.75 Å². The number of hydrogen-bond acceptors (Lipinski definition) is 3. The van der Waals surface area contributed by atoms with Gasteiger partial charge in [-0.1, -0.05) is 24.6 Å². The van der Waals surface area contributed by atoms with E-state index in [9.17, 15) is 4.79 Å². The van der Waals surface area contributed by atoms with Crippen molar-refractivity contribution in [1.29, 1.82) is 0 Å². The molecule has 1 fully saturated rings. The average Bonchev–Trinajstić information content (AvgIpc) is 2.46. The van der Waals surface area contributed by atoms with Crippen LogP contribution in [-0.2, 0) is 4.79 Å². The van der Waals surface area contributed by atoms with Crippen molar-refractivity contribution in [3.05, 3.63) is 29.8 Å². The number of benzene rings is 1. The van der Waals surface area contributed by atoms with Gasteiger partial charge in [0.15, 0.2) is 0 Å². The van der Waals surface area contributed by atoms with Crippen molar-refractivity contribution in [2.24, 2.45) is 0 Å². The number of nitrogens with one attached hydrogen (secondary N) is 2. The SMILES string of the molecule is CSC1(CNC(=O)C2CCNc3ccccc32)CCC1. The summed E-state index contributed by atoms with van der Waals surface area (Å²) in [6.07, 6.45) is 6.81. The molecule has 1 amide bonds. The molecule has 1 aromatic rings. The number of fused-ring (bicyclic) bond motifs is 1. The maximum absolute atomic E-state index is 12.5. The summed E-state index contributed by atoms with van der Waals surface area (Å²) in [6.45, 7) is 1.70. The molecule has 0 aromatic heterocycles. The number of anilines is 1. The lowest BCUT2D eigenvalue weighted by Gasteiger charge is -2.40. The van der Waals surface area contributed by atoms with Gasteiger partial charge in [0, 0.05) is 23.5 Å². The lowest BCUT2D eigenvalue weighted by molar-refractivity contribution is -0.122. The topological polar surface area (TPSA) is 41.1 Å². The van der Waals surface area contributed by atoms with Gasteiger partial charge in [0.2, 0.25) is 5.91 Å². The summed E-state index contributed by atoms with van der Waals surface area (Å²) in [5.74, 6) is 0.200. The highest BCUT2D eigenvalue weighted by Crippen LogP contribution is 2.42. The number of carbonyl (C=O) groups excluding carboxylic acids is 1. The first-order chi connectivity index (χ1) is 9.74. The number of thioether (sulfide) groups is 1. The normalized spacial score (nSPS) is 23.1. The van der Waals surface area contributed by atoms with Gasteiger partial charge in [0.05, 0.1) is 5.92 Å². The third-order valence-corrected chi connectivity index (χ3v) is 6.10. The van der Waals surface area contributed by atoms with Crippen LogP contribution in [0.25, 0.3) is 0 Å². The zero-order chi connectivity index (χ0) is 14.0. The van der Waals surface area contributed by atoms with Crippen molar-refractivity contribution >= 4 is 23.4 Å². The van der Waals surface area contributed by atoms with Gasteiger partial charge in [-0.15, -0.1) is 0 Å². The van der Waals surface area contributed by atoms with Gasteiger partial charge in [-0.25, -0.2) is 0 Å². The Kier molecular flexibility index (Phi) is 3.92. The van der Waals surface area contributed by atoms with Gasteiger partial charge in [0.25, 0.3) is 0 Å². The van der Waals surface area contributed by atoms with Gasteiger partial charge in [0.1, 0.15) is 0 Å². The van der Waals surface area contributed by atoms with Crippen LogP contribution in [0.3, 0.4) is 0 Å². The van der Waals surface area contributed by atoms with E-state index in [1.165, 1.54) is 19.3 Å². The molecule has 1 aromatic carbocycles. The standard InChI is InChI=1S/C16H22N2OS/c1-20-16(8-4-9-16)11-18-15(19)13-7-10-17-14-6-3-2-5-12(13)14/h2-3,5-6,13,17H,4,7-11H2,1H3,(H,18,19). The van der Waals surface area contributed by atoms with Crippen LogP contribution in [0.4, 0.5) is 5.69 Å². The molecule has 0 spiro atoms. The van der Waals surface area contributed by atoms with Crippen molar-refractivity contribution in [3.63, 3.8) is 0 Å². The van der Waals surface area contributed by atoms with E-state index in [-0.39, 0.29) is 11.8 Å². The molecule has 3 rings (SSSR count). The Balaban J connectivity index is 1.66. The smallest absolute Gasteiger partial charge is 0.227 e. The van der Waals surface area contributed by atoms with Crippen molar-refractivity contribution in [1.82, 2.24) is 5.32 Å². The summed E-state index contributed by atoms with van der Waals surface area (Å²) in [5.41, 5.74) is 2.25. The summed E-state index contributed by atoms with van der Waals surface area (Å²) in [5, 5.41) is 6.57. The van der Waals surface area contributed by atoms with Crippen LogP contribution in [-0.4, -0.2) is 30.0 Å². The third kappa shape index (κ3) is 2.53. The molecule has 0 saturated heterocycles. The molecule has 1 atom stereocenters. The minimum Gasteiger partial charge on any atom is -0.385 e. The van der Waals surface area contributed by atoms with Crippen LogP contribution < -0.4 is 10.6 Å². The zero-order valence-electron chi connectivity index (χ0n) is 11.9. The fourth-order valence-electron chi connectivity index (χ4n) is 3.14. The Morgan fingerprint density at radius 1 is 1.45 bits per heavy atom. The first-order valence-electron chi connectivity index (χ1n) is 7.40. The van der Waals surface area contributed by atoms with E-state index < -0.39 is 0 Å². The first kappa shape index (κ1) is 13.8. The highest BCUT2D eigenvalue weighted by molar-refractivity contribution is 8.00. The monoisotopic (exact) mass is 290 g/mol. The minimum atomic E-state index is 0.00596. The lowest BCUT2D eigenvalue weighted by Crippen LogP contribution is -2.46. The predicted octanol–water partition coefficient (Wildman–Crippen LogP) is 2.99. The van der Waals surface area contributed by atoms with Gasteiger partial charge >= 0.3 is 0 Å². The minimum absolute atomic E-state index is 0.00596. The number of amides is 1. The quantitative estimate of drug-likeness (QED) is 0.895. The summed E-state index contributed by atoms with van der Waals surface area (Å²) in [6, 6.07) is 8.16. The van der Waals surface area contributed by atoms with Crippen LogP contribution in [0.15, 0.2) is 24.3 Å². The van der Waals surface area contributed by atoms with Crippen LogP contribution in [0.2, 0.25) is 0 Å². The Morgan fingerprint density at radius 3 is 2.95 bits per heavy atom. The maximum Gasteiger partial charge on any atom is 0.227 e. The number of hydrogen-bond donors (Lipinski definition) is 2. The number of para-hydroxylation sites is 1. The first-order valence-corrected chi connectivity index (χ1v) is 8.62. The molecule has 2 N–H and O–H groups in total. The van der Waals surface area contributed by atoms with Crippen LogP contribution in [0.1, 0.15) is 37.2 Å². The molecule has 1 heterocycles. The molecule has 0 bridgehead atoms. The van der Waals surface area contributed by atoms with E-state index in [2.05, 4.69) is 29.0 Å².